The topological polar surface area (TPSA) is 101 Å². The Balaban J connectivity index is 2.01. The van der Waals surface area contributed by atoms with E-state index in [2.05, 4.69) is 15.5 Å². The highest BCUT2D eigenvalue weighted by Crippen LogP contribution is 2.16. The van der Waals surface area contributed by atoms with Crippen LogP contribution in [-0.4, -0.2) is 22.0 Å². The minimum atomic E-state index is -0.563. The van der Waals surface area contributed by atoms with Crippen LogP contribution < -0.4 is 11.1 Å². The number of aromatic nitrogens is 2. The number of aromatic amines is 1. The Morgan fingerprint density at radius 1 is 1.29 bits per heavy atom. The van der Waals surface area contributed by atoms with E-state index in [-0.39, 0.29) is 5.91 Å². The first kappa shape index (κ1) is 14.8. The monoisotopic (exact) mass is 286 g/mol. The summed E-state index contributed by atoms with van der Waals surface area (Å²) in [6.45, 7) is 3.83. The lowest BCUT2D eigenvalue weighted by atomic mass is 10.1. The molecule has 0 aliphatic heterocycles. The molecule has 0 spiro atoms. The van der Waals surface area contributed by atoms with Crippen molar-refractivity contribution in [2.75, 3.05) is 5.32 Å². The van der Waals surface area contributed by atoms with Crippen LogP contribution in [-0.2, 0) is 11.2 Å². The fraction of sp³-hybridized carbons (Fsp3) is 0.267. The van der Waals surface area contributed by atoms with Gasteiger partial charge in [0.1, 0.15) is 0 Å². The molecule has 0 aliphatic rings. The molecule has 0 saturated heterocycles. The van der Waals surface area contributed by atoms with E-state index in [0.717, 1.165) is 17.0 Å². The maximum atomic E-state index is 12.0. The second kappa shape index (κ2) is 6.21. The van der Waals surface area contributed by atoms with E-state index in [9.17, 15) is 9.59 Å². The minimum absolute atomic E-state index is 0.163. The second-order valence-corrected chi connectivity index (χ2v) is 4.87. The highest BCUT2D eigenvalue weighted by molar-refractivity contribution is 6.02. The molecule has 2 rings (SSSR count). The van der Waals surface area contributed by atoms with Gasteiger partial charge in [0.05, 0.1) is 16.9 Å². The van der Waals surface area contributed by atoms with E-state index in [1.807, 2.05) is 13.8 Å². The number of hydrogen-bond acceptors (Lipinski definition) is 3. The predicted octanol–water partition coefficient (Wildman–Crippen LogP) is 1.70. The summed E-state index contributed by atoms with van der Waals surface area (Å²) in [5.74, 6) is -0.726. The third-order valence-corrected chi connectivity index (χ3v) is 3.35. The van der Waals surface area contributed by atoms with Gasteiger partial charge in [0.2, 0.25) is 5.91 Å². The van der Waals surface area contributed by atoms with Gasteiger partial charge in [-0.2, -0.15) is 5.10 Å². The Labute approximate surface area is 122 Å². The first-order valence-corrected chi connectivity index (χ1v) is 6.68. The fourth-order valence-electron chi connectivity index (χ4n) is 2.20. The molecule has 110 valence electrons. The van der Waals surface area contributed by atoms with E-state index in [1.165, 1.54) is 0 Å². The fourth-order valence-corrected chi connectivity index (χ4v) is 2.20. The van der Waals surface area contributed by atoms with Gasteiger partial charge < -0.3 is 11.1 Å². The molecule has 0 atom stereocenters. The molecule has 2 amide bonds. The van der Waals surface area contributed by atoms with Gasteiger partial charge in [-0.05, 0) is 38.0 Å². The molecule has 6 nitrogen and oxygen atoms in total. The van der Waals surface area contributed by atoms with Crippen LogP contribution in [0, 0.1) is 13.8 Å². The molecule has 0 radical (unpaired) electrons. The number of amides is 2. The average molecular weight is 286 g/mol. The van der Waals surface area contributed by atoms with Crippen molar-refractivity contribution >= 4 is 17.5 Å². The van der Waals surface area contributed by atoms with E-state index in [4.69, 9.17) is 5.73 Å². The molecule has 4 N–H and O–H groups in total. The lowest BCUT2D eigenvalue weighted by Crippen LogP contribution is -2.18. The summed E-state index contributed by atoms with van der Waals surface area (Å²) in [5.41, 5.74) is 8.95. The molecule has 0 unspecified atom stereocenters. The zero-order valence-corrected chi connectivity index (χ0v) is 12.1. The van der Waals surface area contributed by atoms with Crippen molar-refractivity contribution in [1.82, 2.24) is 10.2 Å². The zero-order valence-electron chi connectivity index (χ0n) is 12.1. The second-order valence-electron chi connectivity index (χ2n) is 4.87. The number of rotatable bonds is 5. The number of nitrogens with zero attached hydrogens (tertiary/aromatic N) is 1. The molecular weight excluding hydrogens is 268 g/mol. The van der Waals surface area contributed by atoms with Crippen LogP contribution in [0.3, 0.4) is 0 Å². The molecule has 1 aromatic carbocycles. The van der Waals surface area contributed by atoms with Crippen LogP contribution in [0.25, 0.3) is 0 Å². The van der Waals surface area contributed by atoms with Gasteiger partial charge >= 0.3 is 0 Å². The molecule has 0 aliphatic carbocycles. The third-order valence-electron chi connectivity index (χ3n) is 3.35. The Kier molecular flexibility index (Phi) is 4.37. The summed E-state index contributed by atoms with van der Waals surface area (Å²) < 4.78 is 0. The molecule has 1 aromatic heterocycles. The van der Waals surface area contributed by atoms with Crippen molar-refractivity contribution in [3.05, 3.63) is 46.8 Å². The average Bonchev–Trinajstić information content (AvgIpc) is 2.76. The van der Waals surface area contributed by atoms with E-state index in [0.29, 0.717) is 24.1 Å². The number of H-pyrrole nitrogens is 1. The Morgan fingerprint density at radius 3 is 2.62 bits per heavy atom. The quantitative estimate of drug-likeness (QED) is 0.779. The number of anilines is 1. The molecular formula is C15H18N4O2. The van der Waals surface area contributed by atoms with Gasteiger partial charge in [-0.15, -0.1) is 0 Å². The molecule has 2 aromatic rings. The Hall–Kier alpha value is -2.63. The van der Waals surface area contributed by atoms with Crippen LogP contribution in [0.1, 0.15) is 33.7 Å². The smallest absolute Gasteiger partial charge is 0.250 e. The van der Waals surface area contributed by atoms with Gasteiger partial charge in [0, 0.05) is 12.1 Å². The SMILES string of the molecule is Cc1n[nH]c(C)c1CCC(=O)Nc1ccccc1C(N)=O. The number of carbonyl (C=O) groups is 2. The number of hydrogen-bond donors (Lipinski definition) is 3. The van der Waals surface area contributed by atoms with Gasteiger partial charge in [-0.3, -0.25) is 14.7 Å². The van der Waals surface area contributed by atoms with Crippen LogP contribution in [0.5, 0.6) is 0 Å². The standard InChI is InChI=1S/C15H18N4O2/c1-9-11(10(2)19-18-9)7-8-14(20)17-13-6-4-3-5-12(13)15(16)21/h3-6H,7-8H2,1-2H3,(H2,16,21)(H,17,20)(H,18,19). The Morgan fingerprint density at radius 2 is 2.00 bits per heavy atom. The van der Waals surface area contributed by atoms with Crippen molar-refractivity contribution in [1.29, 1.82) is 0 Å². The lowest BCUT2D eigenvalue weighted by molar-refractivity contribution is -0.116. The van der Waals surface area contributed by atoms with Crippen molar-refractivity contribution in [3.8, 4) is 0 Å². The first-order valence-electron chi connectivity index (χ1n) is 6.68. The summed E-state index contributed by atoms with van der Waals surface area (Å²) in [7, 11) is 0. The number of primary amides is 1. The highest BCUT2D eigenvalue weighted by atomic mass is 16.2. The Bertz CT molecular complexity index is 657. The summed E-state index contributed by atoms with van der Waals surface area (Å²) in [5, 5.41) is 9.71. The van der Waals surface area contributed by atoms with Gasteiger partial charge in [-0.25, -0.2) is 0 Å². The summed E-state index contributed by atoms with van der Waals surface area (Å²) in [6, 6.07) is 6.69. The largest absolute Gasteiger partial charge is 0.366 e. The normalized spacial score (nSPS) is 10.4. The summed E-state index contributed by atoms with van der Waals surface area (Å²) in [4.78, 5) is 23.3. The van der Waals surface area contributed by atoms with E-state index in [1.54, 1.807) is 24.3 Å². The zero-order chi connectivity index (χ0) is 15.4. The number of nitrogens with one attached hydrogen (secondary N) is 2. The molecule has 6 heteroatoms. The minimum Gasteiger partial charge on any atom is -0.366 e. The van der Waals surface area contributed by atoms with Crippen LogP contribution in [0.2, 0.25) is 0 Å². The number of carbonyl (C=O) groups excluding carboxylic acids is 2. The van der Waals surface area contributed by atoms with Crippen molar-refractivity contribution in [3.63, 3.8) is 0 Å². The number of benzene rings is 1. The number of para-hydroxylation sites is 1. The first-order chi connectivity index (χ1) is 9.99. The molecule has 0 fully saturated rings. The van der Waals surface area contributed by atoms with Crippen molar-refractivity contribution < 1.29 is 9.59 Å². The van der Waals surface area contributed by atoms with Crippen molar-refractivity contribution in [2.45, 2.75) is 26.7 Å². The van der Waals surface area contributed by atoms with Gasteiger partial charge in [0.25, 0.3) is 5.91 Å². The maximum absolute atomic E-state index is 12.0. The highest BCUT2D eigenvalue weighted by Gasteiger charge is 2.12. The third kappa shape index (κ3) is 3.47. The van der Waals surface area contributed by atoms with Crippen LogP contribution in [0.15, 0.2) is 24.3 Å². The van der Waals surface area contributed by atoms with E-state index < -0.39 is 5.91 Å². The van der Waals surface area contributed by atoms with Crippen molar-refractivity contribution in [2.24, 2.45) is 5.73 Å². The molecule has 21 heavy (non-hydrogen) atoms. The van der Waals surface area contributed by atoms with Gasteiger partial charge in [-0.1, -0.05) is 12.1 Å². The molecule has 1 heterocycles. The summed E-state index contributed by atoms with van der Waals surface area (Å²) in [6.07, 6.45) is 0.910. The van der Waals surface area contributed by atoms with E-state index >= 15 is 0 Å². The molecule has 0 saturated carbocycles. The van der Waals surface area contributed by atoms with Gasteiger partial charge in [0.15, 0.2) is 0 Å². The predicted molar refractivity (Wildman–Crippen MR) is 80.0 cm³/mol. The molecule has 0 bridgehead atoms. The maximum Gasteiger partial charge on any atom is 0.250 e. The summed E-state index contributed by atoms with van der Waals surface area (Å²) >= 11 is 0. The van der Waals surface area contributed by atoms with Crippen LogP contribution >= 0.6 is 0 Å². The van der Waals surface area contributed by atoms with Crippen LogP contribution in [0.4, 0.5) is 5.69 Å². The number of aryl methyl sites for hydroxylation is 2. The lowest BCUT2D eigenvalue weighted by Gasteiger charge is -2.08. The number of nitrogens with two attached hydrogens (primary N) is 1.